The van der Waals surface area contributed by atoms with Gasteiger partial charge in [-0.25, -0.2) is 4.79 Å². The SMILES string of the molecule is CN=C(NCc1ccccc1)N1CCC(NC(=O)OC(C)(C)C)C1. The average Bonchev–Trinajstić information content (AvgIpc) is 2.95. The highest BCUT2D eigenvalue weighted by molar-refractivity contribution is 5.80. The summed E-state index contributed by atoms with van der Waals surface area (Å²) in [7, 11) is 1.78. The molecule has 1 aromatic rings. The molecular formula is C18H28N4O2. The van der Waals surface area contributed by atoms with Crippen LogP contribution in [0.4, 0.5) is 4.79 Å². The Bertz CT molecular complexity index is 566. The van der Waals surface area contributed by atoms with Crippen LogP contribution >= 0.6 is 0 Å². The number of ether oxygens (including phenoxy) is 1. The summed E-state index contributed by atoms with van der Waals surface area (Å²) in [6.07, 6.45) is 0.521. The van der Waals surface area contributed by atoms with Crippen molar-refractivity contribution in [3.05, 3.63) is 35.9 Å². The minimum atomic E-state index is -0.477. The predicted octanol–water partition coefficient (Wildman–Crippen LogP) is 2.36. The number of alkyl carbamates (subject to hydrolysis) is 1. The van der Waals surface area contributed by atoms with E-state index in [0.29, 0.717) is 0 Å². The Balaban J connectivity index is 1.81. The molecule has 0 saturated carbocycles. The summed E-state index contributed by atoms with van der Waals surface area (Å²) in [6.45, 7) is 7.91. The van der Waals surface area contributed by atoms with E-state index in [4.69, 9.17) is 4.74 Å². The quantitative estimate of drug-likeness (QED) is 0.659. The van der Waals surface area contributed by atoms with Gasteiger partial charge in [0.2, 0.25) is 0 Å². The first kappa shape index (κ1) is 18.1. The largest absolute Gasteiger partial charge is 0.444 e. The highest BCUT2D eigenvalue weighted by atomic mass is 16.6. The number of likely N-dealkylation sites (tertiary alicyclic amines) is 1. The lowest BCUT2D eigenvalue weighted by atomic mass is 10.2. The fourth-order valence-corrected chi connectivity index (χ4v) is 2.65. The van der Waals surface area contributed by atoms with Crippen molar-refractivity contribution in [1.82, 2.24) is 15.5 Å². The van der Waals surface area contributed by atoms with Crippen molar-refractivity contribution in [1.29, 1.82) is 0 Å². The molecule has 2 rings (SSSR count). The number of amides is 1. The second-order valence-electron chi connectivity index (χ2n) is 6.96. The second kappa shape index (κ2) is 8.04. The molecule has 132 valence electrons. The van der Waals surface area contributed by atoms with Crippen LogP contribution in [0.2, 0.25) is 0 Å². The normalized spacial score (nSPS) is 18.4. The van der Waals surface area contributed by atoms with Gasteiger partial charge in [-0.15, -0.1) is 0 Å². The van der Waals surface area contributed by atoms with Crippen LogP contribution in [0.5, 0.6) is 0 Å². The van der Waals surface area contributed by atoms with Crippen LogP contribution in [-0.4, -0.2) is 48.7 Å². The maximum absolute atomic E-state index is 11.9. The molecule has 24 heavy (non-hydrogen) atoms. The Kier molecular flexibility index (Phi) is 6.06. The molecule has 0 radical (unpaired) electrons. The van der Waals surface area contributed by atoms with E-state index < -0.39 is 5.60 Å². The van der Waals surface area contributed by atoms with E-state index in [1.807, 2.05) is 39.0 Å². The van der Waals surface area contributed by atoms with Gasteiger partial charge in [-0.3, -0.25) is 4.99 Å². The molecule has 2 N–H and O–H groups in total. The minimum Gasteiger partial charge on any atom is -0.444 e. The van der Waals surface area contributed by atoms with Crippen molar-refractivity contribution < 1.29 is 9.53 Å². The van der Waals surface area contributed by atoms with Gasteiger partial charge in [-0.05, 0) is 32.8 Å². The summed E-state index contributed by atoms with van der Waals surface area (Å²) in [6, 6.07) is 10.3. The average molecular weight is 332 g/mol. The number of carbonyl (C=O) groups is 1. The zero-order valence-corrected chi connectivity index (χ0v) is 15.0. The van der Waals surface area contributed by atoms with Gasteiger partial charge in [0, 0.05) is 26.7 Å². The first-order valence-corrected chi connectivity index (χ1v) is 8.36. The zero-order valence-electron chi connectivity index (χ0n) is 15.0. The van der Waals surface area contributed by atoms with Crippen LogP contribution in [0.3, 0.4) is 0 Å². The van der Waals surface area contributed by atoms with Gasteiger partial charge >= 0.3 is 6.09 Å². The Morgan fingerprint density at radius 1 is 1.33 bits per heavy atom. The molecule has 0 aliphatic carbocycles. The molecule has 1 aliphatic heterocycles. The van der Waals surface area contributed by atoms with E-state index in [9.17, 15) is 4.79 Å². The van der Waals surface area contributed by atoms with E-state index in [0.717, 1.165) is 32.0 Å². The Morgan fingerprint density at radius 2 is 2.04 bits per heavy atom. The lowest BCUT2D eigenvalue weighted by Gasteiger charge is -2.23. The van der Waals surface area contributed by atoms with Crippen LogP contribution in [0.15, 0.2) is 35.3 Å². The van der Waals surface area contributed by atoms with Gasteiger partial charge in [-0.2, -0.15) is 0 Å². The monoisotopic (exact) mass is 332 g/mol. The van der Waals surface area contributed by atoms with E-state index in [1.165, 1.54) is 5.56 Å². The van der Waals surface area contributed by atoms with Crippen molar-refractivity contribution in [2.75, 3.05) is 20.1 Å². The number of benzene rings is 1. The molecule has 1 aromatic carbocycles. The number of nitrogens with zero attached hydrogens (tertiary/aromatic N) is 2. The van der Waals surface area contributed by atoms with Crippen LogP contribution in [0.25, 0.3) is 0 Å². The van der Waals surface area contributed by atoms with E-state index >= 15 is 0 Å². The van der Waals surface area contributed by atoms with E-state index in [-0.39, 0.29) is 12.1 Å². The third kappa shape index (κ3) is 5.76. The lowest BCUT2D eigenvalue weighted by molar-refractivity contribution is 0.0507. The number of guanidine groups is 1. The third-order valence-electron chi connectivity index (χ3n) is 3.71. The third-order valence-corrected chi connectivity index (χ3v) is 3.71. The molecule has 1 unspecified atom stereocenters. The summed E-state index contributed by atoms with van der Waals surface area (Å²) in [5.41, 5.74) is 0.733. The van der Waals surface area contributed by atoms with Gasteiger partial charge < -0.3 is 20.3 Å². The summed E-state index contributed by atoms with van der Waals surface area (Å²) in [5.74, 6) is 0.854. The van der Waals surface area contributed by atoms with E-state index in [1.54, 1.807) is 7.05 Å². The molecule has 1 fully saturated rings. The molecule has 1 saturated heterocycles. The standard InChI is InChI=1S/C18H28N4O2/c1-18(2,3)24-17(23)21-15-10-11-22(13-15)16(19-4)20-12-14-8-6-5-7-9-14/h5-9,15H,10-13H2,1-4H3,(H,19,20)(H,21,23). The van der Waals surface area contributed by atoms with Crippen molar-refractivity contribution in [2.45, 2.75) is 45.4 Å². The molecular weight excluding hydrogens is 304 g/mol. The molecule has 0 spiro atoms. The molecule has 0 bridgehead atoms. The molecule has 0 aromatic heterocycles. The lowest BCUT2D eigenvalue weighted by Crippen LogP contribution is -2.44. The maximum Gasteiger partial charge on any atom is 0.407 e. The fourth-order valence-electron chi connectivity index (χ4n) is 2.65. The van der Waals surface area contributed by atoms with Crippen LogP contribution < -0.4 is 10.6 Å². The Labute approximate surface area is 144 Å². The van der Waals surface area contributed by atoms with Crippen LogP contribution in [0.1, 0.15) is 32.8 Å². The molecule has 1 atom stereocenters. The molecule has 6 nitrogen and oxygen atoms in total. The molecule has 1 aliphatic rings. The number of nitrogens with one attached hydrogen (secondary N) is 2. The van der Waals surface area contributed by atoms with Gasteiger partial charge in [0.15, 0.2) is 5.96 Å². The maximum atomic E-state index is 11.9. The molecule has 6 heteroatoms. The minimum absolute atomic E-state index is 0.0788. The van der Waals surface area contributed by atoms with Crippen molar-refractivity contribution in [2.24, 2.45) is 4.99 Å². The van der Waals surface area contributed by atoms with Gasteiger partial charge in [0.05, 0.1) is 6.04 Å². The van der Waals surface area contributed by atoms with E-state index in [2.05, 4.69) is 32.7 Å². The molecule has 1 amide bonds. The van der Waals surface area contributed by atoms with Crippen LogP contribution in [0, 0.1) is 0 Å². The van der Waals surface area contributed by atoms with Gasteiger partial charge in [0.1, 0.15) is 5.60 Å². The van der Waals surface area contributed by atoms with Crippen molar-refractivity contribution in [3.8, 4) is 0 Å². The number of aliphatic imine (C=N–C) groups is 1. The summed E-state index contributed by atoms with van der Waals surface area (Å²) >= 11 is 0. The first-order valence-electron chi connectivity index (χ1n) is 8.36. The summed E-state index contributed by atoms with van der Waals surface area (Å²) < 4.78 is 5.31. The smallest absolute Gasteiger partial charge is 0.407 e. The Hall–Kier alpha value is -2.24. The predicted molar refractivity (Wildman–Crippen MR) is 96.0 cm³/mol. The summed E-state index contributed by atoms with van der Waals surface area (Å²) in [5, 5.41) is 6.30. The number of carbonyl (C=O) groups excluding carboxylic acids is 1. The number of hydrogen-bond donors (Lipinski definition) is 2. The molecule has 1 heterocycles. The topological polar surface area (TPSA) is 66.0 Å². The highest BCUT2D eigenvalue weighted by Gasteiger charge is 2.27. The first-order chi connectivity index (χ1) is 11.4. The zero-order chi connectivity index (χ0) is 17.6. The van der Waals surface area contributed by atoms with Crippen LogP contribution in [-0.2, 0) is 11.3 Å². The Morgan fingerprint density at radius 3 is 2.67 bits per heavy atom. The van der Waals surface area contributed by atoms with Gasteiger partial charge in [-0.1, -0.05) is 30.3 Å². The van der Waals surface area contributed by atoms with Gasteiger partial charge in [0.25, 0.3) is 0 Å². The highest BCUT2D eigenvalue weighted by Crippen LogP contribution is 2.12. The number of rotatable bonds is 3. The number of hydrogen-bond acceptors (Lipinski definition) is 3. The second-order valence-corrected chi connectivity index (χ2v) is 6.96. The fraction of sp³-hybridized carbons (Fsp3) is 0.556. The van der Waals surface area contributed by atoms with Crippen molar-refractivity contribution in [3.63, 3.8) is 0 Å². The van der Waals surface area contributed by atoms with Crippen molar-refractivity contribution >= 4 is 12.1 Å². The summed E-state index contributed by atoms with van der Waals surface area (Å²) in [4.78, 5) is 18.4.